The number of fused-ring (bicyclic) bond motifs is 9. The molecule has 0 aliphatic carbocycles. The van der Waals surface area contributed by atoms with Gasteiger partial charge in [0.15, 0.2) is 15.1 Å². The molecule has 3 heterocycles. The minimum atomic E-state index is -2.98. The zero-order valence-electron chi connectivity index (χ0n) is 29.6. The molecule has 50 heavy (non-hydrogen) atoms. The van der Waals surface area contributed by atoms with Crippen LogP contribution in [0.15, 0.2) is 91.6 Å². The van der Waals surface area contributed by atoms with E-state index in [0.717, 1.165) is 55.8 Å². The number of thioether (sulfide) groups is 3. The Bertz CT molecular complexity index is 1520. The van der Waals surface area contributed by atoms with Crippen molar-refractivity contribution in [3.8, 4) is 0 Å². The SMILES string of the molecule is CCCCSC1=NO[B-]2(c3ccccc3)O/N=C(C)\C(SCCCC)=N/O[B-](c3ccccc3)(ON=C(C)/C(SCCCC)=N\O2)O/N=C\1C. The topological polar surface area (TPSA) is 130 Å². The quantitative estimate of drug-likeness (QED) is 0.170. The monoisotopic (exact) mass is 740 g/mol. The molecule has 0 amide bonds. The first kappa shape index (κ1) is 39.2. The van der Waals surface area contributed by atoms with Gasteiger partial charge >= 0.3 is 13.5 Å². The van der Waals surface area contributed by atoms with Crippen LogP contribution in [0.1, 0.15) is 80.1 Å². The number of rotatable bonds is 11. The van der Waals surface area contributed by atoms with Crippen LogP contribution in [0.2, 0.25) is 0 Å². The minimum absolute atomic E-state index is 0.397. The summed E-state index contributed by atoms with van der Waals surface area (Å²) >= 11 is 4.37. The van der Waals surface area contributed by atoms with Crippen molar-refractivity contribution < 1.29 is 28.5 Å². The van der Waals surface area contributed by atoms with Crippen molar-refractivity contribution in [2.75, 3.05) is 17.3 Å². The standard InChI is InChI=1S/C33H46B2N6O6S3/c1-7-10-23-48-31-28(6)38-44-35(30-21-17-14-18-22-30)46-40-32(49-24-11-8-2)26(4)36-42-34(45-39-31,29-19-15-13-16-20-29)43-37-27(5)33(41-47-35)50-25-12-9-3/h13-22H,7-12,23-25H2,1-6H3/q-2/b36-26-,37-27?,38-28-,39-31+,40-32?,41-33+. The van der Waals surface area contributed by atoms with E-state index in [2.05, 4.69) is 51.7 Å². The molecule has 3 aliphatic rings. The van der Waals surface area contributed by atoms with Gasteiger partial charge in [0.05, 0.1) is 0 Å². The molecule has 3 aliphatic heterocycles. The van der Waals surface area contributed by atoms with Crippen molar-refractivity contribution in [3.05, 3.63) is 60.7 Å². The van der Waals surface area contributed by atoms with Crippen LogP contribution < -0.4 is 10.9 Å². The van der Waals surface area contributed by atoms with E-state index in [1.807, 2.05) is 60.7 Å². The van der Waals surface area contributed by atoms with Crippen molar-refractivity contribution in [1.82, 2.24) is 0 Å². The molecule has 17 heteroatoms. The second-order valence-electron chi connectivity index (χ2n) is 11.6. The van der Waals surface area contributed by atoms with Crippen LogP contribution in [0.25, 0.3) is 0 Å². The van der Waals surface area contributed by atoms with Crippen LogP contribution in [-0.4, -0.2) is 63.0 Å². The van der Waals surface area contributed by atoms with E-state index in [1.165, 1.54) is 35.3 Å². The number of unbranched alkanes of at least 4 members (excludes halogenated alkanes) is 3. The molecular weight excluding hydrogens is 694 g/mol. The van der Waals surface area contributed by atoms with Crippen LogP contribution in [0.4, 0.5) is 0 Å². The summed E-state index contributed by atoms with van der Waals surface area (Å²) in [6, 6.07) is 18.4. The smallest absolute Gasteiger partial charge is 0.536 e. The molecule has 0 spiro atoms. The van der Waals surface area contributed by atoms with Gasteiger partial charge in [-0.05, 0) is 57.3 Å². The van der Waals surface area contributed by atoms with Gasteiger partial charge in [-0.3, -0.25) is 0 Å². The van der Waals surface area contributed by atoms with Gasteiger partial charge in [-0.1, -0.05) is 112 Å². The van der Waals surface area contributed by atoms with Gasteiger partial charge in [-0.2, -0.15) is 0 Å². The van der Waals surface area contributed by atoms with Gasteiger partial charge in [0.1, 0.15) is 17.1 Å². The Morgan fingerprint density at radius 2 is 0.720 bits per heavy atom. The van der Waals surface area contributed by atoms with Gasteiger partial charge in [0.2, 0.25) is 0 Å². The Labute approximate surface area is 308 Å². The maximum absolute atomic E-state index is 6.35. The number of hydrogen-bond donors (Lipinski definition) is 0. The lowest BCUT2D eigenvalue weighted by atomic mass is 9.70. The van der Waals surface area contributed by atoms with Crippen molar-refractivity contribution >= 4 is 92.0 Å². The average molecular weight is 741 g/mol. The highest BCUT2D eigenvalue weighted by Crippen LogP contribution is 2.23. The third-order valence-electron chi connectivity index (χ3n) is 7.36. The van der Waals surface area contributed by atoms with E-state index in [-0.39, 0.29) is 0 Å². The molecule has 270 valence electrons. The molecule has 0 saturated carbocycles. The highest BCUT2D eigenvalue weighted by Gasteiger charge is 2.43. The molecule has 0 saturated heterocycles. The summed E-state index contributed by atoms with van der Waals surface area (Å²) in [4.78, 5) is 0. The molecule has 12 nitrogen and oxygen atoms in total. The van der Waals surface area contributed by atoms with Gasteiger partial charge < -0.3 is 28.5 Å². The van der Waals surface area contributed by atoms with Crippen molar-refractivity contribution in [2.24, 2.45) is 30.9 Å². The van der Waals surface area contributed by atoms with Crippen LogP contribution in [0.3, 0.4) is 0 Å². The van der Waals surface area contributed by atoms with E-state index in [4.69, 9.17) is 28.5 Å². The fraction of sp³-hybridized carbons (Fsp3) is 0.455. The Morgan fingerprint density at radius 3 is 1.00 bits per heavy atom. The largest absolute Gasteiger partial charge is 0.640 e. The number of benzene rings is 2. The molecule has 2 aromatic carbocycles. The van der Waals surface area contributed by atoms with E-state index in [1.54, 1.807) is 20.8 Å². The van der Waals surface area contributed by atoms with Gasteiger partial charge in [0.25, 0.3) is 0 Å². The highest BCUT2D eigenvalue weighted by atomic mass is 32.2. The Balaban J connectivity index is 2.02. The number of nitrogens with zero attached hydrogens (tertiary/aromatic N) is 6. The van der Waals surface area contributed by atoms with E-state index in [9.17, 15) is 0 Å². The normalized spacial score (nSPS) is 25.6. The van der Waals surface area contributed by atoms with E-state index < -0.39 is 13.5 Å². The van der Waals surface area contributed by atoms with Crippen LogP contribution in [-0.2, 0) is 28.5 Å². The Kier molecular flexibility index (Phi) is 16.0. The molecule has 2 bridgehead atoms. The first-order chi connectivity index (χ1) is 24.4. The molecule has 2 unspecified atom stereocenters. The molecule has 5 rings (SSSR count). The van der Waals surface area contributed by atoms with E-state index >= 15 is 0 Å². The molecule has 0 radical (unpaired) electrons. The van der Waals surface area contributed by atoms with Crippen LogP contribution >= 0.6 is 35.3 Å². The Hall–Kier alpha value is -3.56. The zero-order valence-corrected chi connectivity index (χ0v) is 32.1. The summed E-state index contributed by atoms with van der Waals surface area (Å²) in [5.74, 6) is 2.25. The number of hydrogen-bond acceptors (Lipinski definition) is 15. The van der Waals surface area contributed by atoms with Crippen molar-refractivity contribution in [1.29, 1.82) is 0 Å². The van der Waals surface area contributed by atoms with E-state index in [0.29, 0.717) is 43.2 Å². The van der Waals surface area contributed by atoms with Gasteiger partial charge in [-0.15, -0.1) is 66.2 Å². The fourth-order valence-electron chi connectivity index (χ4n) is 4.30. The van der Waals surface area contributed by atoms with Gasteiger partial charge in [0, 0.05) is 0 Å². The molecule has 2 aromatic rings. The average Bonchev–Trinajstić information content (AvgIpc) is 3.14. The number of oxime groups is 6. The Morgan fingerprint density at radius 1 is 0.440 bits per heavy atom. The summed E-state index contributed by atoms with van der Waals surface area (Å²) < 4.78 is 37.9. The molecule has 2 atom stereocenters. The van der Waals surface area contributed by atoms with Gasteiger partial charge in [-0.25, -0.2) is 0 Å². The first-order valence-electron chi connectivity index (χ1n) is 17.1. The maximum Gasteiger partial charge on any atom is 0.640 e. The summed E-state index contributed by atoms with van der Waals surface area (Å²) in [5, 5.41) is 28.6. The lowest BCUT2D eigenvalue weighted by Gasteiger charge is -2.37. The second-order valence-corrected chi connectivity index (χ2v) is 14.8. The fourth-order valence-corrected chi connectivity index (χ4v) is 7.21. The molecule has 0 fully saturated rings. The second kappa shape index (κ2) is 20.3. The van der Waals surface area contributed by atoms with Crippen LogP contribution in [0.5, 0.6) is 0 Å². The predicted octanol–water partition coefficient (Wildman–Crippen LogP) is 7.47. The third kappa shape index (κ3) is 11.0. The zero-order chi connectivity index (χ0) is 35.7. The molecular formula is C33H46B2N6O6S3-2. The first-order valence-corrected chi connectivity index (χ1v) is 20.1. The molecule has 0 N–H and O–H groups in total. The van der Waals surface area contributed by atoms with Crippen molar-refractivity contribution in [2.45, 2.75) is 80.1 Å². The molecule has 0 aromatic heterocycles. The maximum atomic E-state index is 6.35. The summed E-state index contributed by atoms with van der Waals surface area (Å²) in [5.41, 5.74) is 2.22. The predicted molar refractivity (Wildman–Crippen MR) is 214 cm³/mol. The summed E-state index contributed by atoms with van der Waals surface area (Å²) in [6.07, 6.45) is 5.81. The summed E-state index contributed by atoms with van der Waals surface area (Å²) in [7, 11) is 0. The third-order valence-corrected chi connectivity index (χ3v) is 10.8. The summed E-state index contributed by atoms with van der Waals surface area (Å²) in [6.45, 7) is 5.70. The van der Waals surface area contributed by atoms with Crippen LogP contribution in [0, 0.1) is 0 Å². The highest BCUT2D eigenvalue weighted by molar-refractivity contribution is 8.16. The lowest BCUT2D eigenvalue weighted by Crippen LogP contribution is -2.55. The lowest BCUT2D eigenvalue weighted by molar-refractivity contribution is 0.0777. The minimum Gasteiger partial charge on any atom is -0.536 e. The van der Waals surface area contributed by atoms with Crippen molar-refractivity contribution in [3.63, 3.8) is 0 Å².